The highest BCUT2D eigenvalue weighted by atomic mass is 16.5. The maximum Gasteiger partial charge on any atom is 0.227 e. The fourth-order valence-electron chi connectivity index (χ4n) is 2.80. The Balaban J connectivity index is 1.76. The van der Waals surface area contributed by atoms with Crippen molar-refractivity contribution in [2.75, 3.05) is 45.9 Å². The molecule has 2 heterocycles. The third-order valence-electron chi connectivity index (χ3n) is 4.22. The van der Waals surface area contributed by atoms with Gasteiger partial charge >= 0.3 is 0 Å². The number of aryl methyl sites for hydroxylation is 2. The number of piperazine rings is 1. The number of hydrogen-bond acceptors (Lipinski definition) is 6. The van der Waals surface area contributed by atoms with Crippen LogP contribution in [0, 0.1) is 13.8 Å². The summed E-state index contributed by atoms with van der Waals surface area (Å²) in [6, 6.07) is 0. The summed E-state index contributed by atoms with van der Waals surface area (Å²) in [4.78, 5) is 16.5. The number of rotatable bonds is 7. The van der Waals surface area contributed by atoms with E-state index in [0.29, 0.717) is 45.0 Å². The molecule has 23 heavy (non-hydrogen) atoms. The van der Waals surface area contributed by atoms with Gasteiger partial charge in [0, 0.05) is 44.9 Å². The average molecular weight is 325 g/mol. The Hall–Kier alpha value is -1.44. The molecule has 1 aliphatic heterocycles. The van der Waals surface area contributed by atoms with Crippen LogP contribution >= 0.6 is 0 Å². The summed E-state index contributed by atoms with van der Waals surface area (Å²) in [7, 11) is 0. The number of amides is 1. The normalized spacial score (nSPS) is 17.5. The molecule has 0 aromatic carbocycles. The molecule has 1 aromatic rings. The highest BCUT2D eigenvalue weighted by Gasteiger charge is 2.24. The lowest BCUT2D eigenvalue weighted by Crippen LogP contribution is -2.51. The number of ether oxygens (including phenoxy) is 1. The summed E-state index contributed by atoms with van der Waals surface area (Å²) in [5, 5.41) is 13.8. The van der Waals surface area contributed by atoms with E-state index in [9.17, 15) is 9.90 Å². The summed E-state index contributed by atoms with van der Waals surface area (Å²) in [5.41, 5.74) is 1.68. The van der Waals surface area contributed by atoms with Gasteiger partial charge in [-0.1, -0.05) is 5.16 Å². The molecule has 1 aromatic heterocycles. The van der Waals surface area contributed by atoms with Crippen molar-refractivity contribution in [2.45, 2.75) is 33.3 Å². The number of carbonyl (C=O) groups excluding carboxylic acids is 1. The maximum atomic E-state index is 12.4. The molecule has 1 saturated heterocycles. The molecular formula is C16H27N3O4. The molecule has 0 bridgehead atoms. The molecule has 0 unspecified atom stereocenters. The lowest BCUT2D eigenvalue weighted by atomic mass is 10.1. The van der Waals surface area contributed by atoms with E-state index in [1.165, 1.54) is 0 Å². The Bertz CT molecular complexity index is 490. The number of hydrogen-bond donors (Lipinski definition) is 1. The van der Waals surface area contributed by atoms with E-state index in [1.807, 2.05) is 25.7 Å². The summed E-state index contributed by atoms with van der Waals surface area (Å²) in [6.45, 7) is 10.1. The van der Waals surface area contributed by atoms with Gasteiger partial charge < -0.3 is 19.3 Å². The van der Waals surface area contributed by atoms with Gasteiger partial charge in [-0.05, 0) is 20.8 Å². The van der Waals surface area contributed by atoms with Crippen molar-refractivity contribution >= 4 is 5.91 Å². The van der Waals surface area contributed by atoms with Crippen molar-refractivity contribution in [1.29, 1.82) is 0 Å². The molecule has 7 nitrogen and oxygen atoms in total. The van der Waals surface area contributed by atoms with Crippen LogP contribution < -0.4 is 0 Å². The zero-order valence-electron chi connectivity index (χ0n) is 14.2. The molecular weight excluding hydrogens is 298 g/mol. The molecule has 1 amide bonds. The van der Waals surface area contributed by atoms with Gasteiger partial charge in [0.1, 0.15) is 5.76 Å². The third kappa shape index (κ3) is 5.02. The molecule has 130 valence electrons. The minimum atomic E-state index is -0.473. The number of nitrogens with zero attached hydrogens (tertiary/aromatic N) is 3. The van der Waals surface area contributed by atoms with E-state index >= 15 is 0 Å². The molecule has 0 saturated carbocycles. The van der Waals surface area contributed by atoms with Gasteiger partial charge in [-0.15, -0.1) is 0 Å². The smallest absolute Gasteiger partial charge is 0.227 e. The Morgan fingerprint density at radius 3 is 2.61 bits per heavy atom. The van der Waals surface area contributed by atoms with Crippen molar-refractivity contribution in [3.8, 4) is 0 Å². The van der Waals surface area contributed by atoms with Crippen LogP contribution in [0.5, 0.6) is 0 Å². The first-order chi connectivity index (χ1) is 11.0. The van der Waals surface area contributed by atoms with Crippen LogP contribution in [-0.2, 0) is 16.0 Å². The van der Waals surface area contributed by atoms with Crippen LogP contribution in [0.3, 0.4) is 0 Å². The highest BCUT2D eigenvalue weighted by molar-refractivity contribution is 5.79. The molecule has 1 fully saturated rings. The van der Waals surface area contributed by atoms with E-state index in [-0.39, 0.29) is 5.91 Å². The minimum Gasteiger partial charge on any atom is -0.389 e. The second kappa shape index (κ2) is 8.42. The average Bonchev–Trinajstić information content (AvgIpc) is 2.85. The molecule has 1 atom stereocenters. The molecule has 0 aliphatic carbocycles. The lowest BCUT2D eigenvalue weighted by Gasteiger charge is -2.35. The second-order valence-electron chi connectivity index (χ2n) is 5.97. The van der Waals surface area contributed by atoms with E-state index in [2.05, 4.69) is 10.1 Å². The van der Waals surface area contributed by atoms with Crippen molar-refractivity contribution in [2.24, 2.45) is 0 Å². The minimum absolute atomic E-state index is 0.105. The Kier molecular flexibility index (Phi) is 6.56. The molecule has 2 rings (SSSR count). The maximum absolute atomic E-state index is 12.4. The van der Waals surface area contributed by atoms with E-state index < -0.39 is 6.10 Å². The zero-order valence-corrected chi connectivity index (χ0v) is 14.2. The van der Waals surface area contributed by atoms with Gasteiger partial charge in [0.2, 0.25) is 5.91 Å². The van der Waals surface area contributed by atoms with Gasteiger partial charge in [-0.3, -0.25) is 9.69 Å². The first-order valence-corrected chi connectivity index (χ1v) is 8.19. The van der Waals surface area contributed by atoms with Crippen molar-refractivity contribution < 1.29 is 19.2 Å². The van der Waals surface area contributed by atoms with Crippen molar-refractivity contribution in [3.05, 3.63) is 17.0 Å². The van der Waals surface area contributed by atoms with Crippen LogP contribution in [0.25, 0.3) is 0 Å². The van der Waals surface area contributed by atoms with E-state index in [1.54, 1.807) is 0 Å². The van der Waals surface area contributed by atoms with Gasteiger partial charge in [0.25, 0.3) is 0 Å². The Labute approximate surface area is 137 Å². The lowest BCUT2D eigenvalue weighted by molar-refractivity contribution is -0.132. The summed E-state index contributed by atoms with van der Waals surface area (Å²) < 4.78 is 10.3. The number of β-amino-alcohol motifs (C(OH)–C–C–N with tert-alkyl or cyclic N) is 1. The number of aliphatic hydroxyl groups excluding tert-OH is 1. The first-order valence-electron chi connectivity index (χ1n) is 8.19. The first kappa shape index (κ1) is 17.9. The Morgan fingerprint density at radius 2 is 2.04 bits per heavy atom. The SMILES string of the molecule is CCOC[C@@H](O)CN1CCN(C(=O)Cc2c(C)noc2C)CC1. The van der Waals surface area contributed by atoms with E-state index in [4.69, 9.17) is 9.26 Å². The predicted octanol–water partition coefficient (Wildman–Crippen LogP) is 0.376. The fourth-order valence-corrected chi connectivity index (χ4v) is 2.80. The molecule has 1 N–H and O–H groups in total. The van der Waals surface area contributed by atoms with Gasteiger partial charge in [0.15, 0.2) is 0 Å². The van der Waals surface area contributed by atoms with Crippen LogP contribution in [0.4, 0.5) is 0 Å². The molecule has 0 radical (unpaired) electrons. The quantitative estimate of drug-likeness (QED) is 0.780. The fraction of sp³-hybridized carbons (Fsp3) is 0.750. The number of aromatic nitrogens is 1. The van der Waals surface area contributed by atoms with Crippen molar-refractivity contribution in [1.82, 2.24) is 15.0 Å². The predicted molar refractivity (Wildman–Crippen MR) is 85.2 cm³/mol. The van der Waals surface area contributed by atoms with Crippen LogP contribution in [-0.4, -0.2) is 78.0 Å². The monoisotopic (exact) mass is 325 g/mol. The largest absolute Gasteiger partial charge is 0.389 e. The summed E-state index contributed by atoms with van der Waals surface area (Å²) in [5.74, 6) is 0.822. The van der Waals surface area contributed by atoms with Gasteiger partial charge in [-0.2, -0.15) is 0 Å². The molecule has 7 heteroatoms. The standard InChI is InChI=1S/C16H27N3O4/c1-4-22-11-14(20)10-18-5-7-19(8-6-18)16(21)9-15-12(2)17-23-13(15)3/h14,20H,4-11H2,1-3H3/t14-/m0/s1. The number of aliphatic hydroxyl groups is 1. The third-order valence-corrected chi connectivity index (χ3v) is 4.22. The zero-order chi connectivity index (χ0) is 16.8. The second-order valence-corrected chi connectivity index (χ2v) is 5.97. The van der Waals surface area contributed by atoms with Crippen molar-refractivity contribution in [3.63, 3.8) is 0 Å². The number of carbonyl (C=O) groups is 1. The van der Waals surface area contributed by atoms with Gasteiger partial charge in [-0.25, -0.2) is 0 Å². The van der Waals surface area contributed by atoms with Gasteiger partial charge in [0.05, 0.1) is 24.8 Å². The van der Waals surface area contributed by atoms with E-state index in [0.717, 1.165) is 24.3 Å². The van der Waals surface area contributed by atoms with Crippen LogP contribution in [0.1, 0.15) is 23.9 Å². The van der Waals surface area contributed by atoms with Crippen LogP contribution in [0.2, 0.25) is 0 Å². The van der Waals surface area contributed by atoms with Crippen LogP contribution in [0.15, 0.2) is 4.52 Å². The summed E-state index contributed by atoms with van der Waals surface area (Å²) in [6.07, 6.45) is -0.131. The summed E-state index contributed by atoms with van der Waals surface area (Å²) >= 11 is 0. The topological polar surface area (TPSA) is 79.0 Å². The Morgan fingerprint density at radius 1 is 1.35 bits per heavy atom. The molecule has 1 aliphatic rings. The molecule has 0 spiro atoms. The highest BCUT2D eigenvalue weighted by Crippen LogP contribution is 2.15.